The molecule has 4 heteroatoms. The molecule has 0 fully saturated rings. The lowest BCUT2D eigenvalue weighted by Crippen LogP contribution is -2.25. The van der Waals surface area contributed by atoms with Gasteiger partial charge >= 0.3 is 0 Å². The van der Waals surface area contributed by atoms with Crippen LogP contribution in [0.3, 0.4) is 0 Å². The van der Waals surface area contributed by atoms with Crippen LogP contribution >= 0.6 is 0 Å². The third kappa shape index (κ3) is 5.25. The number of nitrogens with zero attached hydrogens (tertiary/aromatic N) is 2. The van der Waals surface area contributed by atoms with Gasteiger partial charge in [0.1, 0.15) is 5.82 Å². The first kappa shape index (κ1) is 21.8. The largest absolute Gasteiger partial charge is 0.352 e. The molecule has 0 atom stereocenters. The van der Waals surface area contributed by atoms with Crippen LogP contribution in [0.15, 0.2) is 72.8 Å². The van der Waals surface area contributed by atoms with E-state index < -0.39 is 0 Å². The zero-order valence-electron chi connectivity index (χ0n) is 19.0. The Morgan fingerprint density at radius 1 is 0.906 bits per heavy atom. The summed E-state index contributed by atoms with van der Waals surface area (Å²) in [7, 11) is 0. The average Bonchev–Trinajstić information content (AvgIpc) is 3.15. The zero-order chi connectivity index (χ0) is 22.3. The van der Waals surface area contributed by atoms with E-state index in [-0.39, 0.29) is 5.91 Å². The molecular formula is C28H31N3O. The van der Waals surface area contributed by atoms with E-state index in [1.54, 1.807) is 0 Å². The molecular weight excluding hydrogens is 394 g/mol. The molecule has 0 bridgehead atoms. The molecule has 32 heavy (non-hydrogen) atoms. The van der Waals surface area contributed by atoms with Gasteiger partial charge in [-0.15, -0.1) is 0 Å². The maximum atomic E-state index is 12.5. The SMILES string of the molecule is Cc1ccc(C(=O)NCCCc2nc3ccccc3n2CCCc2ccccc2)c(C)c1. The Balaban J connectivity index is 1.37. The van der Waals surface area contributed by atoms with E-state index in [0.29, 0.717) is 6.54 Å². The van der Waals surface area contributed by atoms with E-state index in [2.05, 4.69) is 58.4 Å². The summed E-state index contributed by atoms with van der Waals surface area (Å²) < 4.78 is 2.35. The minimum Gasteiger partial charge on any atom is -0.352 e. The summed E-state index contributed by atoms with van der Waals surface area (Å²) in [6.07, 6.45) is 3.82. The van der Waals surface area contributed by atoms with E-state index >= 15 is 0 Å². The lowest BCUT2D eigenvalue weighted by Gasteiger charge is -2.11. The first-order chi connectivity index (χ1) is 15.6. The molecule has 0 aliphatic carbocycles. The summed E-state index contributed by atoms with van der Waals surface area (Å²) in [6.45, 7) is 5.61. The van der Waals surface area contributed by atoms with Crippen molar-refractivity contribution in [2.24, 2.45) is 0 Å². The molecule has 4 rings (SSSR count). The summed E-state index contributed by atoms with van der Waals surface area (Å²) in [5.74, 6) is 1.10. The minimum atomic E-state index is -0.00105. The van der Waals surface area contributed by atoms with Gasteiger partial charge in [0.25, 0.3) is 5.91 Å². The predicted octanol–water partition coefficient (Wildman–Crippen LogP) is 5.65. The van der Waals surface area contributed by atoms with Crippen molar-refractivity contribution in [1.82, 2.24) is 14.9 Å². The molecule has 3 aromatic carbocycles. The highest BCUT2D eigenvalue weighted by Gasteiger charge is 2.12. The van der Waals surface area contributed by atoms with Gasteiger partial charge in [0.2, 0.25) is 0 Å². The van der Waals surface area contributed by atoms with E-state index in [0.717, 1.165) is 54.7 Å². The predicted molar refractivity (Wildman–Crippen MR) is 131 cm³/mol. The third-order valence-electron chi connectivity index (χ3n) is 5.91. The van der Waals surface area contributed by atoms with E-state index in [1.165, 1.54) is 16.6 Å². The normalized spacial score (nSPS) is 11.1. The molecule has 4 aromatic rings. The summed E-state index contributed by atoms with van der Waals surface area (Å²) in [5.41, 5.74) is 6.54. The van der Waals surface area contributed by atoms with Crippen LogP contribution in [0.5, 0.6) is 0 Å². The number of nitrogens with one attached hydrogen (secondary N) is 1. The monoisotopic (exact) mass is 425 g/mol. The molecule has 0 aliphatic rings. The Bertz CT molecular complexity index is 1190. The Labute approximate surface area is 190 Å². The molecule has 0 unspecified atom stereocenters. The number of imidazole rings is 1. The molecule has 1 heterocycles. The summed E-state index contributed by atoms with van der Waals surface area (Å²) in [5, 5.41) is 3.07. The molecule has 164 valence electrons. The van der Waals surface area contributed by atoms with Crippen molar-refractivity contribution in [2.45, 2.75) is 46.1 Å². The minimum absolute atomic E-state index is 0.00105. The lowest BCUT2D eigenvalue weighted by molar-refractivity contribution is 0.0952. The second-order valence-electron chi connectivity index (χ2n) is 8.44. The van der Waals surface area contributed by atoms with Gasteiger partial charge < -0.3 is 9.88 Å². The van der Waals surface area contributed by atoms with Crippen LogP contribution in [0.25, 0.3) is 11.0 Å². The van der Waals surface area contributed by atoms with Crippen LogP contribution in [0, 0.1) is 13.8 Å². The Kier molecular flexibility index (Phi) is 7.00. The van der Waals surface area contributed by atoms with Crippen molar-refractivity contribution in [1.29, 1.82) is 0 Å². The van der Waals surface area contributed by atoms with Crippen LogP contribution in [0.4, 0.5) is 0 Å². The molecule has 0 saturated heterocycles. The number of carbonyl (C=O) groups is 1. The van der Waals surface area contributed by atoms with Crippen LogP contribution in [0.1, 0.15) is 45.7 Å². The quantitative estimate of drug-likeness (QED) is 0.352. The first-order valence-electron chi connectivity index (χ1n) is 11.5. The number of aryl methyl sites for hydroxylation is 5. The standard InChI is InChI=1S/C28H31N3O/c1-21-16-17-24(22(2)20-21)28(32)29-18-8-15-27-30-25-13-6-7-14-26(25)31(27)19-9-12-23-10-4-3-5-11-23/h3-7,10-11,13-14,16-17,20H,8-9,12,15,18-19H2,1-2H3,(H,29,32). The molecule has 1 amide bonds. The third-order valence-corrected chi connectivity index (χ3v) is 5.91. The molecule has 0 spiro atoms. The fourth-order valence-electron chi connectivity index (χ4n) is 4.26. The smallest absolute Gasteiger partial charge is 0.251 e. The topological polar surface area (TPSA) is 46.9 Å². The fourth-order valence-corrected chi connectivity index (χ4v) is 4.26. The molecule has 0 aliphatic heterocycles. The Hall–Kier alpha value is -3.40. The number of aromatic nitrogens is 2. The molecule has 0 saturated carbocycles. The van der Waals surface area contributed by atoms with Crippen LogP contribution in [0.2, 0.25) is 0 Å². The van der Waals surface area contributed by atoms with Gasteiger partial charge in [0.15, 0.2) is 0 Å². The lowest BCUT2D eigenvalue weighted by atomic mass is 10.1. The van der Waals surface area contributed by atoms with Crippen molar-refractivity contribution in [3.8, 4) is 0 Å². The Morgan fingerprint density at radius 2 is 1.69 bits per heavy atom. The molecule has 0 radical (unpaired) electrons. The summed E-state index contributed by atoms with van der Waals surface area (Å²) >= 11 is 0. The van der Waals surface area contributed by atoms with Crippen LogP contribution < -0.4 is 5.32 Å². The van der Waals surface area contributed by atoms with Gasteiger partial charge in [-0.05, 0) is 62.4 Å². The van der Waals surface area contributed by atoms with Crippen molar-refractivity contribution >= 4 is 16.9 Å². The molecule has 1 N–H and O–H groups in total. The highest BCUT2D eigenvalue weighted by atomic mass is 16.1. The average molecular weight is 426 g/mol. The van der Waals surface area contributed by atoms with Crippen molar-refractivity contribution < 1.29 is 4.79 Å². The number of hydrogen-bond acceptors (Lipinski definition) is 2. The number of carbonyl (C=O) groups excluding carboxylic acids is 1. The molecule has 1 aromatic heterocycles. The zero-order valence-corrected chi connectivity index (χ0v) is 19.0. The number of para-hydroxylation sites is 2. The first-order valence-corrected chi connectivity index (χ1v) is 11.5. The van der Waals surface area contributed by atoms with Crippen molar-refractivity contribution in [2.75, 3.05) is 6.54 Å². The van der Waals surface area contributed by atoms with Gasteiger partial charge in [-0.2, -0.15) is 0 Å². The van der Waals surface area contributed by atoms with Gasteiger partial charge in [-0.1, -0.05) is 60.2 Å². The number of amides is 1. The number of benzene rings is 3. The van der Waals surface area contributed by atoms with E-state index in [4.69, 9.17) is 4.98 Å². The van der Waals surface area contributed by atoms with Crippen molar-refractivity contribution in [3.05, 3.63) is 101 Å². The number of rotatable bonds is 9. The van der Waals surface area contributed by atoms with Gasteiger partial charge in [-0.3, -0.25) is 4.79 Å². The highest BCUT2D eigenvalue weighted by molar-refractivity contribution is 5.95. The van der Waals surface area contributed by atoms with E-state index in [1.807, 2.05) is 38.1 Å². The van der Waals surface area contributed by atoms with Crippen LogP contribution in [-0.2, 0) is 19.4 Å². The van der Waals surface area contributed by atoms with E-state index in [9.17, 15) is 4.79 Å². The summed E-state index contributed by atoms with van der Waals surface area (Å²) in [6, 6.07) is 24.9. The van der Waals surface area contributed by atoms with Gasteiger partial charge in [0.05, 0.1) is 11.0 Å². The molecule has 4 nitrogen and oxygen atoms in total. The Morgan fingerprint density at radius 3 is 2.50 bits per heavy atom. The van der Waals surface area contributed by atoms with Gasteiger partial charge in [0, 0.05) is 25.1 Å². The number of hydrogen-bond donors (Lipinski definition) is 1. The maximum absolute atomic E-state index is 12.5. The second kappa shape index (κ2) is 10.3. The summed E-state index contributed by atoms with van der Waals surface area (Å²) in [4.78, 5) is 17.4. The van der Waals surface area contributed by atoms with Crippen molar-refractivity contribution in [3.63, 3.8) is 0 Å². The maximum Gasteiger partial charge on any atom is 0.251 e. The second-order valence-corrected chi connectivity index (χ2v) is 8.44. The highest BCUT2D eigenvalue weighted by Crippen LogP contribution is 2.18. The van der Waals surface area contributed by atoms with Gasteiger partial charge in [-0.25, -0.2) is 4.98 Å². The van der Waals surface area contributed by atoms with Crippen LogP contribution in [-0.4, -0.2) is 22.0 Å². The number of fused-ring (bicyclic) bond motifs is 1. The fraction of sp³-hybridized carbons (Fsp3) is 0.286.